The Kier molecular flexibility index (Phi) is 5.58. The average Bonchev–Trinajstić information content (AvgIpc) is 2.65. The van der Waals surface area contributed by atoms with Crippen LogP contribution in [0.5, 0.6) is 0 Å². The van der Waals surface area contributed by atoms with Gasteiger partial charge in [0.1, 0.15) is 6.04 Å². The number of aliphatic hydroxyl groups is 1. The van der Waals surface area contributed by atoms with Crippen molar-refractivity contribution in [3.05, 3.63) is 0 Å². The molecule has 0 spiro atoms. The third-order valence-corrected chi connectivity index (χ3v) is 4.13. The van der Waals surface area contributed by atoms with Gasteiger partial charge in [-0.3, -0.25) is 4.79 Å². The molecule has 0 radical (unpaired) electrons. The quantitative estimate of drug-likeness (QED) is 0.683. The number of hydrogen-bond acceptors (Lipinski definition) is 5. The summed E-state index contributed by atoms with van der Waals surface area (Å²) in [5.74, 6) is 0.828. The van der Waals surface area contributed by atoms with Crippen LogP contribution in [0.4, 0.5) is 0 Å². The summed E-state index contributed by atoms with van der Waals surface area (Å²) in [6.07, 6.45) is 3.94. The smallest absolute Gasteiger partial charge is 0.323 e. The topological polar surface area (TPSA) is 72.5 Å². The van der Waals surface area contributed by atoms with Crippen molar-refractivity contribution < 1.29 is 14.6 Å². The van der Waals surface area contributed by atoms with E-state index < -0.39 is 11.6 Å². The van der Waals surface area contributed by atoms with Crippen LogP contribution in [0.2, 0.25) is 0 Å². The Morgan fingerprint density at radius 3 is 2.75 bits per heavy atom. The summed E-state index contributed by atoms with van der Waals surface area (Å²) < 4.78 is 4.81. The van der Waals surface area contributed by atoms with Gasteiger partial charge in [-0.15, -0.1) is 0 Å². The predicted molar refractivity (Wildman–Crippen MR) is 65.4 cm³/mol. The maximum absolute atomic E-state index is 11.2. The van der Waals surface area contributed by atoms with Crippen molar-refractivity contribution in [3.63, 3.8) is 0 Å². The van der Waals surface area contributed by atoms with Crippen LogP contribution in [-0.2, 0) is 9.53 Å². The van der Waals surface area contributed by atoms with Gasteiger partial charge in [0.25, 0.3) is 0 Å². The largest absolute Gasteiger partial charge is 0.465 e. The lowest BCUT2D eigenvalue weighted by Crippen LogP contribution is -2.36. The molecule has 1 aliphatic carbocycles. The second-order valence-corrected chi connectivity index (χ2v) is 5.34. The Morgan fingerprint density at radius 2 is 2.19 bits per heavy atom. The van der Waals surface area contributed by atoms with Crippen molar-refractivity contribution in [1.29, 1.82) is 0 Å². The predicted octanol–water partition coefficient (Wildman–Crippen LogP) is 0.915. The summed E-state index contributed by atoms with van der Waals surface area (Å²) in [5, 5.41) is 10.1. The van der Waals surface area contributed by atoms with E-state index in [1.807, 2.05) is 0 Å². The molecule has 0 bridgehead atoms. The van der Waals surface area contributed by atoms with Crippen molar-refractivity contribution in [2.75, 3.05) is 18.1 Å². The Hall–Kier alpha value is -0.260. The van der Waals surface area contributed by atoms with Gasteiger partial charge in [0.2, 0.25) is 0 Å². The van der Waals surface area contributed by atoms with E-state index >= 15 is 0 Å². The lowest BCUT2D eigenvalue weighted by atomic mass is 10.1. The van der Waals surface area contributed by atoms with Crippen LogP contribution in [-0.4, -0.2) is 40.8 Å². The van der Waals surface area contributed by atoms with Crippen molar-refractivity contribution in [2.24, 2.45) is 5.73 Å². The Labute approximate surface area is 101 Å². The first-order chi connectivity index (χ1) is 7.57. The van der Waals surface area contributed by atoms with E-state index in [0.29, 0.717) is 18.1 Å². The van der Waals surface area contributed by atoms with E-state index in [9.17, 15) is 9.90 Å². The average molecular weight is 247 g/mol. The zero-order chi connectivity index (χ0) is 12.0. The first-order valence-electron chi connectivity index (χ1n) is 5.80. The molecule has 1 saturated carbocycles. The molecular weight excluding hydrogens is 226 g/mol. The number of carbonyl (C=O) groups is 1. The second kappa shape index (κ2) is 6.47. The monoisotopic (exact) mass is 247 g/mol. The van der Waals surface area contributed by atoms with Crippen LogP contribution < -0.4 is 5.73 Å². The Bertz CT molecular complexity index is 229. The fourth-order valence-corrected chi connectivity index (χ4v) is 3.05. The highest BCUT2D eigenvalue weighted by atomic mass is 32.2. The van der Waals surface area contributed by atoms with Gasteiger partial charge in [0, 0.05) is 11.5 Å². The molecule has 1 fully saturated rings. The van der Waals surface area contributed by atoms with Gasteiger partial charge >= 0.3 is 5.97 Å². The molecule has 0 aromatic rings. The van der Waals surface area contributed by atoms with Crippen LogP contribution in [0.1, 0.15) is 32.6 Å². The number of nitrogens with two attached hydrogens (primary N) is 1. The zero-order valence-electron chi connectivity index (χ0n) is 9.78. The maximum Gasteiger partial charge on any atom is 0.323 e. The fraction of sp³-hybridized carbons (Fsp3) is 0.909. The minimum absolute atomic E-state index is 0.353. The first kappa shape index (κ1) is 13.8. The number of esters is 1. The number of thioether (sulfide) groups is 1. The van der Waals surface area contributed by atoms with Crippen LogP contribution in [0.3, 0.4) is 0 Å². The molecule has 0 aromatic carbocycles. The molecular formula is C11H21NO3S. The summed E-state index contributed by atoms with van der Waals surface area (Å²) in [4.78, 5) is 11.2. The van der Waals surface area contributed by atoms with Crippen LogP contribution in [0.15, 0.2) is 0 Å². The molecule has 0 amide bonds. The van der Waals surface area contributed by atoms with Gasteiger partial charge in [-0.1, -0.05) is 12.8 Å². The normalized spacial score (nSPS) is 20.7. The number of carbonyl (C=O) groups excluding carboxylic acids is 1. The Balaban J connectivity index is 2.17. The van der Waals surface area contributed by atoms with Crippen molar-refractivity contribution in [1.82, 2.24) is 0 Å². The van der Waals surface area contributed by atoms with Crippen LogP contribution in [0.25, 0.3) is 0 Å². The molecule has 16 heavy (non-hydrogen) atoms. The third-order valence-electron chi connectivity index (χ3n) is 2.79. The SMILES string of the molecule is CCOC(=O)C(N)CSCC1(O)CCCC1. The molecule has 1 unspecified atom stereocenters. The lowest BCUT2D eigenvalue weighted by molar-refractivity contribution is -0.144. The van der Waals surface area contributed by atoms with Crippen molar-refractivity contribution in [2.45, 2.75) is 44.2 Å². The van der Waals surface area contributed by atoms with E-state index in [1.165, 1.54) is 11.8 Å². The van der Waals surface area contributed by atoms with E-state index in [1.54, 1.807) is 6.92 Å². The van der Waals surface area contributed by atoms with Gasteiger partial charge in [-0.25, -0.2) is 0 Å². The second-order valence-electron chi connectivity index (χ2n) is 4.31. The minimum atomic E-state index is -0.574. The molecule has 94 valence electrons. The molecule has 0 aliphatic heterocycles. The molecule has 0 aromatic heterocycles. The summed E-state index contributed by atoms with van der Waals surface area (Å²) in [6, 6.07) is -0.574. The number of rotatable bonds is 6. The highest BCUT2D eigenvalue weighted by Gasteiger charge is 2.31. The van der Waals surface area contributed by atoms with Gasteiger partial charge < -0.3 is 15.6 Å². The molecule has 1 aliphatic rings. The van der Waals surface area contributed by atoms with Crippen LogP contribution in [0, 0.1) is 0 Å². The highest BCUT2D eigenvalue weighted by Crippen LogP contribution is 2.32. The number of ether oxygens (including phenoxy) is 1. The van der Waals surface area contributed by atoms with Gasteiger partial charge in [-0.05, 0) is 19.8 Å². The van der Waals surface area contributed by atoms with E-state index in [-0.39, 0.29) is 5.97 Å². The van der Waals surface area contributed by atoms with Crippen molar-refractivity contribution >= 4 is 17.7 Å². The number of hydrogen-bond donors (Lipinski definition) is 2. The first-order valence-corrected chi connectivity index (χ1v) is 6.95. The third kappa shape index (κ3) is 4.31. The molecule has 1 atom stereocenters. The fourth-order valence-electron chi connectivity index (χ4n) is 1.87. The summed E-state index contributed by atoms with van der Waals surface area (Å²) in [5.41, 5.74) is 5.13. The highest BCUT2D eigenvalue weighted by molar-refractivity contribution is 7.99. The standard InChI is InChI=1S/C11H21NO3S/c1-2-15-10(13)9(12)7-16-8-11(14)5-3-4-6-11/h9,14H,2-8,12H2,1H3. The Morgan fingerprint density at radius 1 is 1.56 bits per heavy atom. The van der Waals surface area contributed by atoms with Gasteiger partial charge in [-0.2, -0.15) is 11.8 Å². The van der Waals surface area contributed by atoms with Crippen molar-refractivity contribution in [3.8, 4) is 0 Å². The summed E-state index contributed by atoms with van der Waals surface area (Å²) in [6.45, 7) is 2.13. The zero-order valence-corrected chi connectivity index (χ0v) is 10.6. The molecule has 4 nitrogen and oxygen atoms in total. The molecule has 0 heterocycles. The van der Waals surface area contributed by atoms with E-state index in [0.717, 1.165) is 25.7 Å². The van der Waals surface area contributed by atoms with Crippen LogP contribution >= 0.6 is 11.8 Å². The summed E-state index contributed by atoms with van der Waals surface area (Å²) >= 11 is 1.54. The lowest BCUT2D eigenvalue weighted by Gasteiger charge is -2.21. The van der Waals surface area contributed by atoms with E-state index in [4.69, 9.17) is 10.5 Å². The molecule has 5 heteroatoms. The molecule has 1 rings (SSSR count). The van der Waals surface area contributed by atoms with Gasteiger partial charge in [0.15, 0.2) is 0 Å². The van der Waals surface area contributed by atoms with Gasteiger partial charge in [0.05, 0.1) is 12.2 Å². The maximum atomic E-state index is 11.2. The van der Waals surface area contributed by atoms with E-state index in [2.05, 4.69) is 0 Å². The molecule has 0 saturated heterocycles. The minimum Gasteiger partial charge on any atom is -0.465 e. The summed E-state index contributed by atoms with van der Waals surface area (Å²) in [7, 11) is 0. The molecule has 3 N–H and O–H groups in total.